The molecule has 11 heteroatoms. The quantitative estimate of drug-likeness (QED) is 0.288. The van der Waals surface area contributed by atoms with Gasteiger partial charge in [0, 0.05) is 11.6 Å². The van der Waals surface area contributed by atoms with Crippen LogP contribution < -0.4 is 11.1 Å². The zero-order valence-corrected chi connectivity index (χ0v) is 18.2. The van der Waals surface area contributed by atoms with E-state index in [2.05, 4.69) is 10.4 Å². The van der Waals surface area contributed by atoms with E-state index < -0.39 is 29.4 Å². The van der Waals surface area contributed by atoms with Gasteiger partial charge in [-0.15, -0.1) is 0 Å². The van der Waals surface area contributed by atoms with Crippen molar-refractivity contribution in [3.05, 3.63) is 75.9 Å². The van der Waals surface area contributed by atoms with Crippen LogP contribution in [0.2, 0.25) is 5.02 Å². The van der Waals surface area contributed by atoms with Crippen LogP contribution in [-0.4, -0.2) is 34.2 Å². The van der Waals surface area contributed by atoms with Gasteiger partial charge in [-0.1, -0.05) is 24.9 Å². The summed E-state index contributed by atoms with van der Waals surface area (Å²) in [5.41, 5.74) is 5.45. The Labute approximate surface area is 192 Å². The van der Waals surface area contributed by atoms with Crippen molar-refractivity contribution in [1.29, 1.82) is 0 Å². The molecule has 0 radical (unpaired) electrons. The summed E-state index contributed by atoms with van der Waals surface area (Å²) in [6, 6.07) is 8.49. The standard InChI is InChI=1S/C22H19ClF2N4O4/c1-2-3-8-33-22(32)18-11-19(27-21(31)14-9-16(24)17(25)10-15(14)23)29(28-18)13-6-4-12(5-7-13)20(26)30/h4-7,9-11H,2-3,8H2,1H3,(H2,26,30)(H,27,31). The number of carbonyl (C=O) groups is 3. The van der Waals surface area contributed by atoms with Crippen molar-refractivity contribution in [2.75, 3.05) is 11.9 Å². The van der Waals surface area contributed by atoms with E-state index in [-0.39, 0.29) is 34.3 Å². The highest BCUT2D eigenvalue weighted by Crippen LogP contribution is 2.23. The Bertz CT molecular complexity index is 1210. The Morgan fingerprint density at radius 2 is 1.79 bits per heavy atom. The SMILES string of the molecule is CCCCOC(=O)c1cc(NC(=O)c2cc(F)c(F)cc2Cl)n(-c2ccc(C(N)=O)cc2)n1. The Morgan fingerprint density at radius 1 is 1.12 bits per heavy atom. The number of hydrogen-bond donors (Lipinski definition) is 2. The van der Waals surface area contributed by atoms with Crippen LogP contribution in [0.25, 0.3) is 5.69 Å². The first-order valence-corrected chi connectivity index (χ1v) is 10.2. The first-order chi connectivity index (χ1) is 15.7. The molecule has 1 aromatic heterocycles. The molecule has 172 valence electrons. The zero-order valence-electron chi connectivity index (χ0n) is 17.4. The summed E-state index contributed by atoms with van der Waals surface area (Å²) in [6.07, 6.45) is 1.49. The molecule has 3 rings (SSSR count). The molecular weight excluding hydrogens is 458 g/mol. The van der Waals surface area contributed by atoms with Crippen molar-refractivity contribution < 1.29 is 27.9 Å². The Morgan fingerprint density at radius 3 is 2.42 bits per heavy atom. The first-order valence-electron chi connectivity index (χ1n) is 9.84. The maximum absolute atomic E-state index is 13.6. The molecule has 0 unspecified atom stereocenters. The zero-order chi connectivity index (χ0) is 24.1. The lowest BCUT2D eigenvalue weighted by Gasteiger charge is -2.10. The smallest absolute Gasteiger partial charge is 0.358 e. The molecule has 0 aliphatic heterocycles. The fourth-order valence-corrected chi connectivity index (χ4v) is 3.03. The average molecular weight is 477 g/mol. The molecule has 3 N–H and O–H groups in total. The second-order valence-electron chi connectivity index (χ2n) is 6.93. The van der Waals surface area contributed by atoms with Crippen molar-refractivity contribution in [2.45, 2.75) is 19.8 Å². The van der Waals surface area contributed by atoms with E-state index in [9.17, 15) is 23.2 Å². The molecule has 1 heterocycles. The molecule has 8 nitrogen and oxygen atoms in total. The maximum Gasteiger partial charge on any atom is 0.358 e. The lowest BCUT2D eigenvalue weighted by molar-refractivity contribution is 0.0492. The number of esters is 1. The van der Waals surface area contributed by atoms with E-state index >= 15 is 0 Å². The normalized spacial score (nSPS) is 10.7. The molecule has 2 amide bonds. The van der Waals surface area contributed by atoms with Crippen LogP contribution in [0.15, 0.2) is 42.5 Å². The number of unbranched alkanes of at least 4 members (excludes halogenated alkanes) is 1. The van der Waals surface area contributed by atoms with Crippen molar-refractivity contribution in [3.8, 4) is 5.69 Å². The minimum absolute atomic E-state index is 0.0232. The van der Waals surface area contributed by atoms with Crippen LogP contribution in [0.4, 0.5) is 14.6 Å². The average Bonchev–Trinajstić information content (AvgIpc) is 3.20. The summed E-state index contributed by atoms with van der Waals surface area (Å²) in [5.74, 6) is -4.63. The summed E-state index contributed by atoms with van der Waals surface area (Å²) in [6.45, 7) is 2.14. The number of benzene rings is 2. The van der Waals surface area contributed by atoms with Gasteiger partial charge in [-0.25, -0.2) is 18.3 Å². The third-order valence-electron chi connectivity index (χ3n) is 4.54. The van der Waals surface area contributed by atoms with E-state index in [0.717, 1.165) is 6.42 Å². The molecule has 0 saturated heterocycles. The molecule has 0 fully saturated rings. The maximum atomic E-state index is 13.6. The highest BCUT2D eigenvalue weighted by Gasteiger charge is 2.21. The molecule has 2 aromatic carbocycles. The summed E-state index contributed by atoms with van der Waals surface area (Å²) < 4.78 is 33.4. The fourth-order valence-electron chi connectivity index (χ4n) is 2.80. The van der Waals surface area contributed by atoms with Gasteiger partial charge in [-0.05, 0) is 42.8 Å². The molecule has 3 aromatic rings. The minimum atomic E-state index is -1.25. The van der Waals surface area contributed by atoms with Gasteiger partial charge < -0.3 is 15.8 Å². The van der Waals surface area contributed by atoms with Gasteiger partial charge in [0.05, 0.1) is 22.9 Å². The van der Waals surface area contributed by atoms with Crippen LogP contribution in [0, 0.1) is 11.6 Å². The number of primary amides is 1. The first kappa shape index (κ1) is 23.9. The van der Waals surface area contributed by atoms with Crippen LogP contribution in [0.5, 0.6) is 0 Å². The van der Waals surface area contributed by atoms with Crippen LogP contribution in [-0.2, 0) is 4.74 Å². The van der Waals surface area contributed by atoms with Gasteiger partial charge in [0.15, 0.2) is 17.3 Å². The number of rotatable bonds is 8. The van der Waals surface area contributed by atoms with Crippen molar-refractivity contribution in [3.63, 3.8) is 0 Å². The van der Waals surface area contributed by atoms with Gasteiger partial charge in [-0.3, -0.25) is 9.59 Å². The van der Waals surface area contributed by atoms with Gasteiger partial charge in [0.25, 0.3) is 5.91 Å². The second-order valence-corrected chi connectivity index (χ2v) is 7.33. The fraction of sp³-hybridized carbons (Fsp3) is 0.182. The van der Waals surface area contributed by atoms with Crippen LogP contribution >= 0.6 is 11.6 Å². The number of nitrogens with one attached hydrogen (secondary N) is 1. The number of halogens is 3. The number of nitrogens with zero attached hydrogens (tertiary/aromatic N) is 2. The summed E-state index contributed by atoms with van der Waals surface area (Å²) in [4.78, 5) is 36.4. The molecule has 0 atom stereocenters. The minimum Gasteiger partial charge on any atom is -0.461 e. The van der Waals surface area contributed by atoms with Gasteiger partial charge in [0.2, 0.25) is 5.91 Å². The number of amides is 2. The molecule has 0 saturated carbocycles. The number of nitrogens with two attached hydrogens (primary N) is 1. The Balaban J connectivity index is 1.97. The predicted octanol–water partition coefficient (Wildman–Crippen LogP) is 4.11. The number of carbonyl (C=O) groups excluding carboxylic acids is 3. The van der Waals surface area contributed by atoms with Crippen LogP contribution in [0.1, 0.15) is 51.0 Å². The number of aromatic nitrogens is 2. The monoisotopic (exact) mass is 476 g/mol. The summed E-state index contributed by atoms with van der Waals surface area (Å²) in [5, 5.41) is 6.36. The lowest BCUT2D eigenvalue weighted by Crippen LogP contribution is -2.16. The van der Waals surface area contributed by atoms with E-state index in [4.69, 9.17) is 22.1 Å². The van der Waals surface area contributed by atoms with Gasteiger partial charge in [0.1, 0.15) is 5.82 Å². The largest absolute Gasteiger partial charge is 0.461 e. The molecule has 0 aliphatic carbocycles. The van der Waals surface area contributed by atoms with Crippen molar-refractivity contribution in [2.24, 2.45) is 5.73 Å². The predicted molar refractivity (Wildman–Crippen MR) is 117 cm³/mol. The second kappa shape index (κ2) is 10.2. The van der Waals surface area contributed by atoms with E-state index in [1.807, 2.05) is 6.92 Å². The molecule has 0 aliphatic rings. The van der Waals surface area contributed by atoms with Gasteiger partial charge >= 0.3 is 5.97 Å². The summed E-state index contributed by atoms with van der Waals surface area (Å²) >= 11 is 5.89. The Hall–Kier alpha value is -3.79. The Kier molecular flexibility index (Phi) is 7.39. The number of hydrogen-bond acceptors (Lipinski definition) is 5. The van der Waals surface area contributed by atoms with E-state index in [1.54, 1.807) is 0 Å². The van der Waals surface area contributed by atoms with Crippen molar-refractivity contribution in [1.82, 2.24) is 9.78 Å². The molecular formula is C22H19ClF2N4O4. The lowest BCUT2D eigenvalue weighted by atomic mass is 10.2. The number of anilines is 1. The van der Waals surface area contributed by atoms with Crippen molar-refractivity contribution >= 4 is 35.2 Å². The highest BCUT2D eigenvalue weighted by molar-refractivity contribution is 6.34. The third-order valence-corrected chi connectivity index (χ3v) is 4.85. The van der Waals surface area contributed by atoms with E-state index in [0.29, 0.717) is 24.2 Å². The van der Waals surface area contributed by atoms with Gasteiger partial charge in [-0.2, -0.15) is 5.10 Å². The van der Waals surface area contributed by atoms with Crippen LogP contribution in [0.3, 0.4) is 0 Å². The van der Waals surface area contributed by atoms with E-state index in [1.165, 1.54) is 35.0 Å². The summed E-state index contributed by atoms with van der Waals surface area (Å²) in [7, 11) is 0. The topological polar surface area (TPSA) is 116 Å². The number of ether oxygens (including phenoxy) is 1. The molecule has 33 heavy (non-hydrogen) atoms. The highest BCUT2D eigenvalue weighted by atomic mass is 35.5. The molecule has 0 bridgehead atoms. The third kappa shape index (κ3) is 5.53. The molecule has 0 spiro atoms.